The molecule has 0 atom stereocenters. The van der Waals surface area contributed by atoms with Crippen molar-refractivity contribution in [3.63, 3.8) is 0 Å². The molecule has 0 aromatic heterocycles. The van der Waals surface area contributed by atoms with Gasteiger partial charge in [-0.15, -0.1) is 0 Å². The Labute approximate surface area is 74.9 Å². The van der Waals surface area contributed by atoms with Crippen LogP contribution in [-0.4, -0.2) is 5.71 Å². The van der Waals surface area contributed by atoms with Crippen LogP contribution in [-0.2, 0) is 0 Å². The lowest BCUT2D eigenvalue weighted by Gasteiger charge is -2.04. The summed E-state index contributed by atoms with van der Waals surface area (Å²) in [6.07, 6.45) is 2.17. The van der Waals surface area contributed by atoms with Gasteiger partial charge in [-0.2, -0.15) is 0 Å². The van der Waals surface area contributed by atoms with Crippen LogP contribution in [0.1, 0.15) is 34.6 Å². The van der Waals surface area contributed by atoms with Gasteiger partial charge in [-0.1, -0.05) is 19.4 Å². The molecule has 0 N–H and O–H groups in total. The maximum Gasteiger partial charge on any atom is 0.0622 e. The highest BCUT2D eigenvalue weighted by molar-refractivity contribution is 6.04. The first-order valence-corrected chi connectivity index (χ1v) is 4.47. The first kappa shape index (κ1) is 9.24. The molecule has 1 nitrogen and oxygen atoms in total. The Morgan fingerprint density at radius 1 is 1.33 bits per heavy atom. The summed E-state index contributed by atoms with van der Waals surface area (Å²) in [5.74, 6) is 0.540. The largest absolute Gasteiger partial charge is 0.253 e. The Morgan fingerprint density at radius 2 is 1.92 bits per heavy atom. The molecule has 1 aliphatic rings. The van der Waals surface area contributed by atoms with Crippen LogP contribution in [0.3, 0.4) is 0 Å². The van der Waals surface area contributed by atoms with E-state index < -0.39 is 0 Å². The molecule has 0 aromatic rings. The third-order valence-corrected chi connectivity index (χ3v) is 2.06. The average molecular weight is 163 g/mol. The highest BCUT2D eigenvalue weighted by Gasteiger charge is 2.14. The summed E-state index contributed by atoms with van der Waals surface area (Å²) in [6, 6.07) is 0. The monoisotopic (exact) mass is 163 g/mol. The smallest absolute Gasteiger partial charge is 0.0622 e. The van der Waals surface area contributed by atoms with Crippen LogP contribution in [0.15, 0.2) is 27.9 Å². The summed E-state index contributed by atoms with van der Waals surface area (Å²) in [6.45, 7) is 10.7. The van der Waals surface area contributed by atoms with Crippen molar-refractivity contribution in [2.45, 2.75) is 34.6 Å². The third kappa shape index (κ3) is 1.66. The van der Waals surface area contributed by atoms with Gasteiger partial charge in [-0.05, 0) is 38.3 Å². The van der Waals surface area contributed by atoms with Gasteiger partial charge in [0, 0.05) is 5.71 Å². The van der Waals surface area contributed by atoms with E-state index in [0.717, 1.165) is 5.70 Å². The van der Waals surface area contributed by atoms with Gasteiger partial charge in [0.15, 0.2) is 0 Å². The maximum absolute atomic E-state index is 4.57. The van der Waals surface area contributed by atoms with Gasteiger partial charge in [0.2, 0.25) is 0 Å². The van der Waals surface area contributed by atoms with Crippen LogP contribution in [0.5, 0.6) is 0 Å². The van der Waals surface area contributed by atoms with Crippen molar-refractivity contribution in [3.05, 3.63) is 22.9 Å². The minimum absolute atomic E-state index is 0.540. The summed E-state index contributed by atoms with van der Waals surface area (Å²) < 4.78 is 0. The van der Waals surface area contributed by atoms with Crippen molar-refractivity contribution in [1.29, 1.82) is 0 Å². The number of hydrogen-bond donors (Lipinski definition) is 0. The van der Waals surface area contributed by atoms with Crippen LogP contribution in [0.2, 0.25) is 0 Å². The summed E-state index contributed by atoms with van der Waals surface area (Å²) in [4.78, 5) is 4.57. The average Bonchev–Trinajstić information content (AvgIpc) is 2.30. The summed E-state index contributed by atoms with van der Waals surface area (Å²) in [5.41, 5.74) is 5.01. The minimum atomic E-state index is 0.540. The standard InChI is InChI=1S/C11H17N/c1-7(2)10-6-9(5)11(12-10)8(3)4/h6,8H,1-5H3. The summed E-state index contributed by atoms with van der Waals surface area (Å²) in [7, 11) is 0. The van der Waals surface area contributed by atoms with Gasteiger partial charge in [0.25, 0.3) is 0 Å². The molecule has 0 amide bonds. The molecule has 0 unspecified atom stereocenters. The highest BCUT2D eigenvalue weighted by atomic mass is 14.8. The van der Waals surface area contributed by atoms with E-state index in [9.17, 15) is 0 Å². The van der Waals surface area contributed by atoms with Crippen molar-refractivity contribution in [2.75, 3.05) is 0 Å². The quantitative estimate of drug-likeness (QED) is 0.562. The van der Waals surface area contributed by atoms with Gasteiger partial charge < -0.3 is 0 Å². The predicted molar refractivity (Wildman–Crippen MR) is 54.4 cm³/mol. The fourth-order valence-corrected chi connectivity index (χ4v) is 1.37. The van der Waals surface area contributed by atoms with Crippen LogP contribution in [0.25, 0.3) is 0 Å². The Bertz CT molecular complexity index is 273. The molecule has 0 aromatic carbocycles. The summed E-state index contributed by atoms with van der Waals surface area (Å²) >= 11 is 0. The molecule has 0 aliphatic carbocycles. The van der Waals surface area contributed by atoms with Gasteiger partial charge in [-0.3, -0.25) is 4.99 Å². The molecule has 0 saturated carbocycles. The Kier molecular flexibility index (Phi) is 2.51. The molecule has 0 radical (unpaired) electrons. The normalized spacial score (nSPS) is 16.7. The lowest BCUT2D eigenvalue weighted by Crippen LogP contribution is -2.05. The van der Waals surface area contributed by atoms with Crippen molar-refractivity contribution in [2.24, 2.45) is 10.9 Å². The zero-order chi connectivity index (χ0) is 9.30. The SMILES string of the molecule is CC1=CC(=C(C)C)N=C1C(C)C. The van der Waals surface area contributed by atoms with E-state index >= 15 is 0 Å². The van der Waals surface area contributed by atoms with E-state index in [1.165, 1.54) is 16.9 Å². The number of allylic oxidation sites excluding steroid dienone is 3. The third-order valence-electron chi connectivity index (χ3n) is 2.06. The molecule has 1 heteroatoms. The molecular weight excluding hydrogens is 146 g/mol. The van der Waals surface area contributed by atoms with Crippen molar-refractivity contribution < 1.29 is 0 Å². The van der Waals surface area contributed by atoms with Crippen molar-refractivity contribution in [1.82, 2.24) is 0 Å². The lowest BCUT2D eigenvalue weighted by molar-refractivity contribution is 0.884. The van der Waals surface area contributed by atoms with E-state index in [2.05, 4.69) is 45.7 Å². The van der Waals surface area contributed by atoms with E-state index in [0.29, 0.717) is 5.92 Å². The minimum Gasteiger partial charge on any atom is -0.253 e. The van der Waals surface area contributed by atoms with Gasteiger partial charge in [-0.25, -0.2) is 0 Å². The van der Waals surface area contributed by atoms with Crippen LogP contribution >= 0.6 is 0 Å². The van der Waals surface area contributed by atoms with E-state index in [-0.39, 0.29) is 0 Å². The van der Waals surface area contributed by atoms with E-state index in [1.54, 1.807) is 0 Å². The Morgan fingerprint density at radius 3 is 2.17 bits per heavy atom. The molecule has 66 valence electrons. The molecule has 1 aliphatic heterocycles. The second-order valence-electron chi connectivity index (χ2n) is 3.86. The molecule has 1 rings (SSSR count). The maximum atomic E-state index is 4.57. The second-order valence-corrected chi connectivity index (χ2v) is 3.86. The molecule has 1 heterocycles. The van der Waals surface area contributed by atoms with Crippen molar-refractivity contribution >= 4 is 5.71 Å². The zero-order valence-corrected chi connectivity index (χ0v) is 8.60. The van der Waals surface area contributed by atoms with Gasteiger partial charge >= 0.3 is 0 Å². The number of aliphatic imine (C=N–C) groups is 1. The zero-order valence-electron chi connectivity index (χ0n) is 8.60. The molecular formula is C11H17N. The van der Waals surface area contributed by atoms with E-state index in [1.807, 2.05) is 0 Å². The van der Waals surface area contributed by atoms with Gasteiger partial charge in [0.05, 0.1) is 5.70 Å². The lowest BCUT2D eigenvalue weighted by atomic mass is 10.0. The highest BCUT2D eigenvalue weighted by Crippen LogP contribution is 2.22. The Hall–Kier alpha value is -0.850. The Balaban J connectivity index is 3.04. The topological polar surface area (TPSA) is 12.4 Å². The predicted octanol–water partition coefficient (Wildman–Crippen LogP) is 3.34. The molecule has 0 saturated heterocycles. The van der Waals surface area contributed by atoms with E-state index in [4.69, 9.17) is 0 Å². The number of nitrogens with zero attached hydrogens (tertiary/aromatic N) is 1. The fraction of sp³-hybridized carbons (Fsp3) is 0.545. The molecule has 0 spiro atoms. The second kappa shape index (κ2) is 3.26. The summed E-state index contributed by atoms with van der Waals surface area (Å²) in [5, 5.41) is 0. The van der Waals surface area contributed by atoms with Crippen LogP contribution < -0.4 is 0 Å². The molecule has 12 heavy (non-hydrogen) atoms. The van der Waals surface area contributed by atoms with Crippen LogP contribution in [0, 0.1) is 5.92 Å². The molecule has 0 fully saturated rings. The number of rotatable bonds is 1. The van der Waals surface area contributed by atoms with Crippen molar-refractivity contribution in [3.8, 4) is 0 Å². The first-order chi connectivity index (χ1) is 5.52. The van der Waals surface area contributed by atoms with Crippen LogP contribution in [0.4, 0.5) is 0 Å². The molecule has 0 bridgehead atoms. The number of hydrogen-bond acceptors (Lipinski definition) is 1. The van der Waals surface area contributed by atoms with Gasteiger partial charge in [0.1, 0.15) is 0 Å². The first-order valence-electron chi connectivity index (χ1n) is 4.47. The fourth-order valence-electron chi connectivity index (χ4n) is 1.37.